The summed E-state index contributed by atoms with van der Waals surface area (Å²) in [5.74, 6) is 0.135. The highest BCUT2D eigenvalue weighted by Crippen LogP contribution is 2.20. The van der Waals surface area contributed by atoms with E-state index in [1.807, 2.05) is 0 Å². The molecular formula is C15H16N4O3. The van der Waals surface area contributed by atoms with Crippen LogP contribution in [-0.2, 0) is 11.3 Å². The van der Waals surface area contributed by atoms with Gasteiger partial charge in [-0.2, -0.15) is 5.10 Å². The fraction of sp³-hybridized carbons (Fsp3) is 0.267. The first-order valence-electron chi connectivity index (χ1n) is 7.01. The quantitative estimate of drug-likeness (QED) is 0.906. The fourth-order valence-corrected chi connectivity index (χ4v) is 2.25. The van der Waals surface area contributed by atoms with Gasteiger partial charge in [-0.3, -0.25) is 9.59 Å². The number of carbonyl (C=O) groups is 2. The molecule has 0 fully saturated rings. The highest BCUT2D eigenvalue weighted by molar-refractivity contribution is 6.03. The third-order valence-electron chi connectivity index (χ3n) is 3.18. The molecular weight excluding hydrogens is 284 g/mol. The molecule has 3 rings (SSSR count). The molecule has 0 spiro atoms. The maximum atomic E-state index is 12.2. The van der Waals surface area contributed by atoms with Crippen LogP contribution in [0.1, 0.15) is 23.8 Å². The molecule has 2 amide bonds. The predicted molar refractivity (Wildman–Crippen MR) is 81.0 cm³/mol. The standard InChI is InChI=1S/C15H16N4O3/c1-10(20)16-11-4-2-5-12(8-11)17-15(21)13-9-14-19(18-13)6-3-7-22-14/h2,4-5,8-9H,3,6-7H2,1H3,(H,16,20)(H,17,21). The van der Waals surface area contributed by atoms with Crippen molar-refractivity contribution in [2.45, 2.75) is 19.9 Å². The van der Waals surface area contributed by atoms with Gasteiger partial charge in [-0.15, -0.1) is 0 Å². The summed E-state index contributed by atoms with van der Waals surface area (Å²) in [6.45, 7) is 2.83. The van der Waals surface area contributed by atoms with E-state index >= 15 is 0 Å². The van der Waals surface area contributed by atoms with Gasteiger partial charge in [0.2, 0.25) is 11.8 Å². The molecule has 0 atom stereocenters. The molecule has 2 heterocycles. The summed E-state index contributed by atoms with van der Waals surface area (Å²) >= 11 is 0. The molecule has 7 heteroatoms. The molecule has 7 nitrogen and oxygen atoms in total. The molecule has 0 saturated carbocycles. The van der Waals surface area contributed by atoms with Crippen LogP contribution >= 0.6 is 0 Å². The summed E-state index contributed by atoms with van der Waals surface area (Å²) in [5.41, 5.74) is 1.52. The summed E-state index contributed by atoms with van der Waals surface area (Å²) in [6.07, 6.45) is 0.883. The molecule has 0 radical (unpaired) electrons. The highest BCUT2D eigenvalue weighted by atomic mass is 16.5. The van der Waals surface area contributed by atoms with E-state index in [2.05, 4.69) is 15.7 Å². The van der Waals surface area contributed by atoms with Gasteiger partial charge in [-0.05, 0) is 18.2 Å². The number of anilines is 2. The fourth-order valence-electron chi connectivity index (χ4n) is 2.25. The van der Waals surface area contributed by atoms with Crippen molar-refractivity contribution in [1.29, 1.82) is 0 Å². The predicted octanol–water partition coefficient (Wildman–Crippen LogP) is 1.88. The first-order valence-corrected chi connectivity index (χ1v) is 7.01. The largest absolute Gasteiger partial charge is 0.478 e. The van der Waals surface area contributed by atoms with Gasteiger partial charge in [-0.25, -0.2) is 4.68 Å². The maximum absolute atomic E-state index is 12.2. The molecule has 0 unspecified atom stereocenters. The average Bonchev–Trinajstić information content (AvgIpc) is 2.91. The Hall–Kier alpha value is -2.83. The van der Waals surface area contributed by atoms with Crippen LogP contribution in [0.2, 0.25) is 0 Å². The second kappa shape index (κ2) is 5.88. The Balaban J connectivity index is 1.73. The lowest BCUT2D eigenvalue weighted by Crippen LogP contribution is -2.16. The van der Waals surface area contributed by atoms with Crippen LogP contribution in [0.4, 0.5) is 11.4 Å². The lowest BCUT2D eigenvalue weighted by molar-refractivity contribution is -0.114. The number of carbonyl (C=O) groups excluding carboxylic acids is 2. The number of ether oxygens (including phenoxy) is 1. The molecule has 0 bridgehead atoms. The lowest BCUT2D eigenvalue weighted by Gasteiger charge is -2.13. The highest BCUT2D eigenvalue weighted by Gasteiger charge is 2.18. The van der Waals surface area contributed by atoms with Gasteiger partial charge < -0.3 is 15.4 Å². The Kier molecular flexibility index (Phi) is 3.78. The molecule has 2 aromatic rings. The smallest absolute Gasteiger partial charge is 0.276 e. The van der Waals surface area contributed by atoms with Crippen LogP contribution in [0.5, 0.6) is 5.88 Å². The number of nitrogens with one attached hydrogen (secondary N) is 2. The Morgan fingerprint density at radius 1 is 1.23 bits per heavy atom. The zero-order chi connectivity index (χ0) is 15.5. The molecule has 0 saturated heterocycles. The summed E-state index contributed by atoms with van der Waals surface area (Å²) in [7, 11) is 0. The molecule has 1 aromatic heterocycles. The lowest BCUT2D eigenvalue weighted by atomic mass is 10.2. The molecule has 114 valence electrons. The van der Waals surface area contributed by atoms with Gasteiger partial charge in [0.1, 0.15) is 0 Å². The number of nitrogens with zero attached hydrogens (tertiary/aromatic N) is 2. The minimum Gasteiger partial charge on any atom is -0.478 e. The number of hydrogen-bond donors (Lipinski definition) is 2. The van der Waals surface area contributed by atoms with E-state index in [4.69, 9.17) is 4.74 Å². The minimum atomic E-state index is -0.314. The SMILES string of the molecule is CC(=O)Nc1cccc(NC(=O)c2cc3n(n2)CCCO3)c1. The molecule has 2 N–H and O–H groups in total. The number of aromatic nitrogens is 2. The molecule has 1 aromatic carbocycles. The minimum absolute atomic E-state index is 0.164. The third-order valence-corrected chi connectivity index (χ3v) is 3.18. The normalized spacial score (nSPS) is 13.0. The Morgan fingerprint density at radius 2 is 2.00 bits per heavy atom. The van der Waals surface area contributed by atoms with E-state index in [1.54, 1.807) is 35.0 Å². The molecule has 0 aliphatic carbocycles. The molecule has 1 aliphatic rings. The first kappa shape index (κ1) is 14.1. The van der Waals surface area contributed by atoms with Crippen molar-refractivity contribution < 1.29 is 14.3 Å². The number of hydrogen-bond acceptors (Lipinski definition) is 4. The Labute approximate surface area is 127 Å². The summed E-state index contributed by atoms with van der Waals surface area (Å²) < 4.78 is 7.13. The van der Waals surface area contributed by atoms with Crippen molar-refractivity contribution in [3.05, 3.63) is 36.0 Å². The van der Waals surface area contributed by atoms with Gasteiger partial charge in [0.05, 0.1) is 6.61 Å². The van der Waals surface area contributed by atoms with Gasteiger partial charge >= 0.3 is 0 Å². The van der Waals surface area contributed by atoms with Crippen molar-refractivity contribution in [3.63, 3.8) is 0 Å². The first-order chi connectivity index (χ1) is 10.6. The van der Waals surface area contributed by atoms with E-state index in [-0.39, 0.29) is 11.8 Å². The van der Waals surface area contributed by atoms with Gasteiger partial charge in [-0.1, -0.05) is 6.07 Å². The number of rotatable bonds is 3. The number of fused-ring (bicyclic) bond motifs is 1. The van der Waals surface area contributed by atoms with Crippen molar-refractivity contribution in [2.24, 2.45) is 0 Å². The monoisotopic (exact) mass is 300 g/mol. The van der Waals surface area contributed by atoms with Crippen molar-refractivity contribution in [2.75, 3.05) is 17.2 Å². The Bertz CT molecular complexity index is 700. The van der Waals surface area contributed by atoms with Crippen molar-refractivity contribution in [1.82, 2.24) is 9.78 Å². The molecule has 22 heavy (non-hydrogen) atoms. The van der Waals surface area contributed by atoms with Gasteiger partial charge in [0.25, 0.3) is 5.91 Å². The van der Waals surface area contributed by atoms with Crippen LogP contribution in [0.15, 0.2) is 30.3 Å². The summed E-state index contributed by atoms with van der Waals surface area (Å²) in [5, 5.41) is 9.65. The number of aryl methyl sites for hydroxylation is 1. The molecule has 1 aliphatic heterocycles. The second-order valence-corrected chi connectivity index (χ2v) is 5.01. The second-order valence-electron chi connectivity index (χ2n) is 5.01. The van der Waals surface area contributed by atoms with Gasteiger partial charge in [0, 0.05) is 37.3 Å². The van der Waals surface area contributed by atoms with E-state index < -0.39 is 0 Å². The number of benzene rings is 1. The van der Waals surface area contributed by atoms with E-state index in [1.165, 1.54) is 6.92 Å². The summed E-state index contributed by atoms with van der Waals surface area (Å²) in [6, 6.07) is 8.57. The van der Waals surface area contributed by atoms with Crippen LogP contribution in [-0.4, -0.2) is 28.2 Å². The van der Waals surface area contributed by atoms with Crippen LogP contribution in [0.25, 0.3) is 0 Å². The topological polar surface area (TPSA) is 85.3 Å². The zero-order valence-electron chi connectivity index (χ0n) is 12.1. The van der Waals surface area contributed by atoms with E-state index in [0.717, 1.165) is 13.0 Å². The van der Waals surface area contributed by atoms with Crippen molar-refractivity contribution in [3.8, 4) is 5.88 Å². The van der Waals surface area contributed by atoms with E-state index in [9.17, 15) is 9.59 Å². The Morgan fingerprint density at radius 3 is 2.73 bits per heavy atom. The summed E-state index contributed by atoms with van der Waals surface area (Å²) in [4.78, 5) is 23.3. The van der Waals surface area contributed by atoms with Gasteiger partial charge in [0.15, 0.2) is 5.69 Å². The van der Waals surface area contributed by atoms with Crippen LogP contribution < -0.4 is 15.4 Å². The third kappa shape index (κ3) is 3.08. The van der Waals surface area contributed by atoms with Crippen LogP contribution in [0, 0.1) is 0 Å². The van der Waals surface area contributed by atoms with Crippen molar-refractivity contribution >= 4 is 23.2 Å². The zero-order valence-corrected chi connectivity index (χ0v) is 12.1. The maximum Gasteiger partial charge on any atom is 0.276 e. The van der Waals surface area contributed by atoms with E-state index in [0.29, 0.717) is 29.6 Å². The average molecular weight is 300 g/mol. The van der Waals surface area contributed by atoms with Crippen LogP contribution in [0.3, 0.4) is 0 Å². The number of amides is 2.